The molecule has 0 spiro atoms. The number of nitrogens with two attached hydrogens (primary N) is 1. The van der Waals surface area contributed by atoms with Crippen LogP contribution in [0.2, 0.25) is 0 Å². The molecule has 0 radical (unpaired) electrons. The van der Waals surface area contributed by atoms with Gasteiger partial charge >= 0.3 is 0 Å². The lowest BCUT2D eigenvalue weighted by Crippen LogP contribution is -2.35. The number of methoxy groups -OCH3 is 2. The molecule has 0 aliphatic carbocycles. The summed E-state index contributed by atoms with van der Waals surface area (Å²) >= 11 is 0. The van der Waals surface area contributed by atoms with E-state index in [0.717, 1.165) is 0 Å². The van der Waals surface area contributed by atoms with Crippen LogP contribution < -0.4 is 15.2 Å². The molecule has 1 aromatic rings. The normalized spacial score (nSPS) is 17.2. The largest absolute Gasteiger partial charge is 0.503 e. The van der Waals surface area contributed by atoms with Gasteiger partial charge in [-0.2, -0.15) is 0 Å². The predicted molar refractivity (Wildman–Crippen MR) is 97.2 cm³/mol. The maximum absolute atomic E-state index is 12.7. The number of hydrogen-bond acceptors (Lipinski definition) is 6. The Labute approximate surface area is 153 Å². The molecule has 1 aliphatic heterocycles. The van der Waals surface area contributed by atoms with E-state index in [4.69, 9.17) is 15.2 Å². The van der Waals surface area contributed by atoms with Crippen molar-refractivity contribution in [1.29, 1.82) is 0 Å². The Kier molecular flexibility index (Phi) is 6.26. The van der Waals surface area contributed by atoms with Gasteiger partial charge in [-0.1, -0.05) is 19.9 Å². The van der Waals surface area contributed by atoms with Crippen molar-refractivity contribution in [2.45, 2.75) is 26.3 Å². The molecule has 1 amide bonds. The monoisotopic (exact) mass is 362 g/mol. The molecule has 142 valence electrons. The number of carbonyl (C=O) groups excluding carboxylic acids is 2. The highest BCUT2D eigenvalue weighted by Gasteiger charge is 2.43. The number of aliphatic hydroxyl groups is 1. The van der Waals surface area contributed by atoms with Crippen LogP contribution in [0.3, 0.4) is 0 Å². The van der Waals surface area contributed by atoms with Gasteiger partial charge in [0.25, 0.3) is 5.91 Å². The van der Waals surface area contributed by atoms with Crippen LogP contribution in [0.5, 0.6) is 11.5 Å². The van der Waals surface area contributed by atoms with E-state index in [1.807, 2.05) is 13.8 Å². The van der Waals surface area contributed by atoms with Gasteiger partial charge < -0.3 is 25.2 Å². The van der Waals surface area contributed by atoms with Gasteiger partial charge in [0.05, 0.1) is 25.8 Å². The molecule has 0 bridgehead atoms. The van der Waals surface area contributed by atoms with E-state index >= 15 is 0 Å². The Morgan fingerprint density at radius 1 is 1.27 bits per heavy atom. The summed E-state index contributed by atoms with van der Waals surface area (Å²) < 4.78 is 10.6. The molecule has 26 heavy (non-hydrogen) atoms. The van der Waals surface area contributed by atoms with Crippen LogP contribution in [0.1, 0.15) is 31.9 Å². The summed E-state index contributed by atoms with van der Waals surface area (Å²) in [7, 11) is 3.04. The molecule has 7 nitrogen and oxygen atoms in total. The van der Waals surface area contributed by atoms with Crippen molar-refractivity contribution in [1.82, 2.24) is 4.90 Å². The third-order valence-corrected chi connectivity index (χ3v) is 4.29. The zero-order valence-corrected chi connectivity index (χ0v) is 15.6. The number of benzene rings is 1. The zero-order chi connectivity index (χ0) is 19.4. The average molecular weight is 362 g/mol. The Balaban J connectivity index is 2.55. The van der Waals surface area contributed by atoms with E-state index < -0.39 is 17.7 Å². The Morgan fingerprint density at radius 3 is 2.46 bits per heavy atom. The standard InChI is InChI=1S/C19H26N2O5/c1-11(2)9-13(22)16-17(21(8-7-20)19(24)18(16)23)12-5-6-14(25-3)15(10-12)26-4/h5-6,10-11,17,23H,7-9,20H2,1-4H3. The Bertz CT molecular complexity index is 727. The lowest BCUT2D eigenvalue weighted by Gasteiger charge is -2.27. The maximum Gasteiger partial charge on any atom is 0.290 e. The number of Topliss-reactive ketones (excluding diaryl/α,β-unsaturated/α-hetero) is 1. The highest BCUT2D eigenvalue weighted by molar-refractivity contribution is 6.09. The van der Waals surface area contributed by atoms with Crippen LogP contribution in [0, 0.1) is 5.92 Å². The number of ketones is 1. The van der Waals surface area contributed by atoms with Crippen LogP contribution in [0.4, 0.5) is 0 Å². The third kappa shape index (κ3) is 3.67. The second kappa shape index (κ2) is 8.23. The minimum atomic E-state index is -0.697. The molecule has 3 N–H and O–H groups in total. The molecule has 1 unspecified atom stereocenters. The number of hydrogen-bond donors (Lipinski definition) is 2. The molecule has 0 fully saturated rings. The van der Waals surface area contributed by atoms with E-state index in [-0.39, 0.29) is 36.8 Å². The van der Waals surface area contributed by atoms with Gasteiger partial charge in [-0.3, -0.25) is 9.59 Å². The molecule has 1 atom stereocenters. The SMILES string of the molecule is COc1ccc(C2C(C(=O)CC(C)C)=C(O)C(=O)N2CCN)cc1OC. The number of ether oxygens (including phenoxy) is 2. The van der Waals surface area contributed by atoms with Crippen molar-refractivity contribution >= 4 is 11.7 Å². The number of nitrogens with zero attached hydrogens (tertiary/aromatic N) is 1. The maximum atomic E-state index is 12.7. The number of amides is 1. The Morgan fingerprint density at radius 2 is 1.92 bits per heavy atom. The summed E-state index contributed by atoms with van der Waals surface area (Å²) in [5.74, 6) is -0.203. The first-order chi connectivity index (χ1) is 12.3. The lowest BCUT2D eigenvalue weighted by atomic mass is 9.92. The van der Waals surface area contributed by atoms with Gasteiger partial charge in [-0.05, 0) is 23.6 Å². The van der Waals surface area contributed by atoms with E-state index in [2.05, 4.69) is 0 Å². The molecule has 0 saturated heterocycles. The first kappa shape index (κ1) is 19.8. The molecule has 0 aromatic heterocycles. The smallest absolute Gasteiger partial charge is 0.290 e. The molecular formula is C19H26N2O5. The molecule has 1 aliphatic rings. The van der Waals surface area contributed by atoms with Crippen LogP contribution in [0.15, 0.2) is 29.5 Å². The van der Waals surface area contributed by atoms with E-state index in [0.29, 0.717) is 17.1 Å². The number of aliphatic hydroxyl groups excluding tert-OH is 1. The van der Waals surface area contributed by atoms with Gasteiger partial charge in [-0.15, -0.1) is 0 Å². The number of carbonyl (C=O) groups is 2. The highest BCUT2D eigenvalue weighted by atomic mass is 16.5. The first-order valence-electron chi connectivity index (χ1n) is 8.54. The zero-order valence-electron chi connectivity index (χ0n) is 15.6. The second-order valence-electron chi connectivity index (χ2n) is 6.59. The van der Waals surface area contributed by atoms with E-state index in [9.17, 15) is 14.7 Å². The van der Waals surface area contributed by atoms with Gasteiger partial charge in [0.1, 0.15) is 0 Å². The Hall–Kier alpha value is -2.54. The van der Waals surface area contributed by atoms with Crippen LogP contribution in [-0.4, -0.2) is 49.0 Å². The van der Waals surface area contributed by atoms with Crippen molar-refractivity contribution in [3.8, 4) is 11.5 Å². The van der Waals surface area contributed by atoms with E-state index in [1.54, 1.807) is 18.2 Å². The average Bonchev–Trinajstić information content (AvgIpc) is 2.85. The van der Waals surface area contributed by atoms with Gasteiger partial charge in [0.2, 0.25) is 0 Å². The van der Waals surface area contributed by atoms with Crippen molar-refractivity contribution in [3.05, 3.63) is 35.1 Å². The van der Waals surface area contributed by atoms with Gasteiger partial charge in [0, 0.05) is 19.5 Å². The fourth-order valence-corrected chi connectivity index (χ4v) is 3.16. The van der Waals surface area contributed by atoms with Crippen molar-refractivity contribution in [2.24, 2.45) is 11.7 Å². The minimum Gasteiger partial charge on any atom is -0.503 e. The lowest BCUT2D eigenvalue weighted by molar-refractivity contribution is -0.129. The van der Waals surface area contributed by atoms with Crippen molar-refractivity contribution < 1.29 is 24.2 Å². The summed E-state index contributed by atoms with van der Waals surface area (Å²) in [6.07, 6.45) is 0.243. The molecule has 7 heteroatoms. The fraction of sp³-hybridized carbons (Fsp3) is 0.474. The summed E-state index contributed by atoms with van der Waals surface area (Å²) in [6, 6.07) is 4.47. The highest BCUT2D eigenvalue weighted by Crippen LogP contribution is 2.41. The van der Waals surface area contributed by atoms with Gasteiger partial charge in [0.15, 0.2) is 23.0 Å². The first-order valence-corrected chi connectivity index (χ1v) is 8.54. The molecular weight excluding hydrogens is 336 g/mol. The molecule has 1 heterocycles. The summed E-state index contributed by atoms with van der Waals surface area (Å²) in [5, 5.41) is 10.4. The topological polar surface area (TPSA) is 102 Å². The molecule has 1 aromatic carbocycles. The minimum absolute atomic E-state index is 0.104. The van der Waals surface area contributed by atoms with Crippen molar-refractivity contribution in [3.63, 3.8) is 0 Å². The van der Waals surface area contributed by atoms with Crippen molar-refractivity contribution in [2.75, 3.05) is 27.3 Å². The summed E-state index contributed by atoms with van der Waals surface area (Å²) in [4.78, 5) is 26.7. The second-order valence-corrected chi connectivity index (χ2v) is 6.59. The summed E-state index contributed by atoms with van der Waals surface area (Å²) in [6.45, 7) is 4.26. The van der Waals surface area contributed by atoms with Crippen LogP contribution in [-0.2, 0) is 9.59 Å². The molecule has 0 saturated carbocycles. The molecule has 2 rings (SSSR count). The fourth-order valence-electron chi connectivity index (χ4n) is 3.16. The van der Waals surface area contributed by atoms with Crippen LogP contribution >= 0.6 is 0 Å². The van der Waals surface area contributed by atoms with E-state index in [1.165, 1.54) is 19.1 Å². The third-order valence-electron chi connectivity index (χ3n) is 4.29. The van der Waals surface area contributed by atoms with Crippen LogP contribution in [0.25, 0.3) is 0 Å². The predicted octanol–water partition coefficient (Wildman–Crippen LogP) is 1.97. The quantitative estimate of drug-likeness (QED) is 0.733. The van der Waals surface area contributed by atoms with Gasteiger partial charge in [-0.25, -0.2) is 0 Å². The summed E-state index contributed by atoms with van der Waals surface area (Å²) in [5.41, 5.74) is 6.41. The number of rotatable bonds is 8.